The number of halogens is 1. The molecule has 1 aliphatic rings. The van der Waals surface area contributed by atoms with Crippen LogP contribution >= 0.6 is 0 Å². The second-order valence-electron chi connectivity index (χ2n) is 5.38. The third-order valence-electron chi connectivity index (χ3n) is 3.79. The molecule has 0 aliphatic carbocycles. The van der Waals surface area contributed by atoms with Gasteiger partial charge in [0.15, 0.2) is 0 Å². The highest BCUT2D eigenvalue weighted by Crippen LogP contribution is 2.27. The van der Waals surface area contributed by atoms with E-state index < -0.39 is 36.4 Å². The minimum atomic E-state index is -0.923. The third kappa shape index (κ3) is 3.00. The first-order chi connectivity index (χ1) is 11.5. The quantitative estimate of drug-likeness (QED) is 0.597. The van der Waals surface area contributed by atoms with Crippen LogP contribution in [-0.2, 0) is 11.3 Å². The SMILES string of the molecule is O=c1[nH]c(=O)n([C@H]2C[C@H](O)[C@@H](CO)O2)cc1-c1cn(CC[18F])nn1. The number of nitrogens with zero attached hydrogens (tertiary/aromatic N) is 4. The highest BCUT2D eigenvalue weighted by molar-refractivity contribution is 5.54. The summed E-state index contributed by atoms with van der Waals surface area (Å²) >= 11 is 0. The molecular weight excluding hydrogens is 324 g/mol. The van der Waals surface area contributed by atoms with E-state index >= 15 is 0 Å². The molecule has 3 heterocycles. The number of alkyl halides is 1. The van der Waals surface area contributed by atoms with Crippen LogP contribution in [0, 0.1) is 0 Å². The van der Waals surface area contributed by atoms with Gasteiger partial charge in [-0.15, -0.1) is 5.10 Å². The summed E-state index contributed by atoms with van der Waals surface area (Å²) in [5, 5.41) is 26.4. The molecule has 0 amide bonds. The smallest absolute Gasteiger partial charge is 0.330 e. The number of H-pyrrole nitrogens is 1. The van der Waals surface area contributed by atoms with Crippen molar-refractivity contribution in [3.63, 3.8) is 0 Å². The number of hydrogen-bond donors (Lipinski definition) is 3. The molecule has 3 atom stereocenters. The predicted octanol–water partition coefficient (Wildman–Crippen LogP) is -1.59. The lowest BCUT2D eigenvalue weighted by Gasteiger charge is -2.14. The van der Waals surface area contributed by atoms with Crippen molar-refractivity contribution in [2.75, 3.05) is 13.3 Å². The number of rotatable bonds is 5. The molecule has 1 aliphatic heterocycles. The number of ether oxygens (including phenoxy) is 1. The lowest BCUT2D eigenvalue weighted by atomic mass is 10.2. The van der Waals surface area contributed by atoms with Crippen molar-refractivity contribution in [1.29, 1.82) is 0 Å². The number of aryl methyl sites for hydroxylation is 1. The summed E-state index contributed by atoms with van der Waals surface area (Å²) in [6.07, 6.45) is 0.171. The van der Waals surface area contributed by atoms with Crippen molar-refractivity contribution in [2.24, 2.45) is 0 Å². The molecule has 0 saturated carbocycles. The molecule has 2 aromatic rings. The van der Waals surface area contributed by atoms with Crippen LogP contribution in [0.5, 0.6) is 0 Å². The molecular formula is C13H16FN5O5. The number of aromatic amines is 1. The van der Waals surface area contributed by atoms with E-state index in [-0.39, 0.29) is 30.8 Å². The second kappa shape index (κ2) is 6.63. The standard InChI is InChI=1S/C13H16FN5O5/c14-1-2-18-5-8(16-17-18)7-4-19(13(23)15-12(7)22)11-3-9(21)10(6-20)24-11/h4-5,9-11,20-21H,1-3,6H2,(H,15,22,23)/t9-,10+,11+/m0/s1/i14-1. The van der Waals surface area contributed by atoms with Crippen LogP contribution < -0.4 is 11.2 Å². The van der Waals surface area contributed by atoms with Crippen LogP contribution in [0.25, 0.3) is 11.3 Å². The highest BCUT2D eigenvalue weighted by atomic mass is 18.2. The first kappa shape index (κ1) is 16.5. The zero-order valence-corrected chi connectivity index (χ0v) is 12.5. The fourth-order valence-corrected chi connectivity index (χ4v) is 2.55. The Balaban J connectivity index is 1.97. The van der Waals surface area contributed by atoms with Gasteiger partial charge in [-0.05, 0) is 0 Å². The Hall–Kier alpha value is -2.37. The number of aliphatic hydroxyl groups excluding tert-OH is 2. The van der Waals surface area contributed by atoms with Gasteiger partial charge in [0.05, 0.1) is 31.0 Å². The number of aromatic nitrogens is 5. The van der Waals surface area contributed by atoms with E-state index in [1.165, 1.54) is 17.1 Å². The summed E-state index contributed by atoms with van der Waals surface area (Å²) in [6.45, 7) is -1.02. The molecule has 0 bridgehead atoms. The van der Waals surface area contributed by atoms with Gasteiger partial charge >= 0.3 is 5.69 Å². The number of aliphatic hydroxyl groups is 2. The van der Waals surface area contributed by atoms with Gasteiger partial charge in [0.25, 0.3) is 5.56 Å². The first-order valence-corrected chi connectivity index (χ1v) is 7.29. The molecule has 3 N–H and O–H groups in total. The Kier molecular flexibility index (Phi) is 4.55. The second-order valence-corrected chi connectivity index (χ2v) is 5.38. The normalized spacial score (nSPS) is 23.7. The van der Waals surface area contributed by atoms with Gasteiger partial charge < -0.3 is 14.9 Å². The van der Waals surface area contributed by atoms with Crippen LogP contribution in [0.3, 0.4) is 0 Å². The largest absolute Gasteiger partial charge is 0.394 e. The van der Waals surface area contributed by atoms with Gasteiger partial charge in [0, 0.05) is 12.6 Å². The zero-order valence-electron chi connectivity index (χ0n) is 12.5. The van der Waals surface area contributed by atoms with Gasteiger partial charge in [-0.1, -0.05) is 5.21 Å². The molecule has 0 radical (unpaired) electrons. The van der Waals surface area contributed by atoms with Gasteiger partial charge in [0.2, 0.25) is 0 Å². The van der Waals surface area contributed by atoms with Crippen molar-refractivity contribution < 1.29 is 19.3 Å². The van der Waals surface area contributed by atoms with E-state index in [9.17, 15) is 19.1 Å². The Morgan fingerprint density at radius 1 is 1.42 bits per heavy atom. The minimum absolute atomic E-state index is 0.000647. The van der Waals surface area contributed by atoms with Crippen LogP contribution in [0.4, 0.5) is 4.39 Å². The van der Waals surface area contributed by atoms with E-state index in [0.29, 0.717) is 0 Å². The summed E-state index contributed by atoms with van der Waals surface area (Å²) in [6, 6.07) is 0. The maximum Gasteiger partial charge on any atom is 0.330 e. The zero-order chi connectivity index (χ0) is 17.3. The van der Waals surface area contributed by atoms with Crippen LogP contribution in [-0.4, -0.2) is 60.2 Å². The van der Waals surface area contributed by atoms with E-state index in [1.54, 1.807) is 0 Å². The number of nitrogens with one attached hydrogen (secondary N) is 1. The van der Waals surface area contributed by atoms with E-state index in [1.807, 2.05) is 0 Å². The van der Waals surface area contributed by atoms with Crippen molar-refractivity contribution in [1.82, 2.24) is 24.5 Å². The van der Waals surface area contributed by atoms with Crippen molar-refractivity contribution in [3.05, 3.63) is 33.2 Å². The Morgan fingerprint density at radius 2 is 2.21 bits per heavy atom. The van der Waals surface area contributed by atoms with Gasteiger partial charge in [-0.2, -0.15) is 0 Å². The Morgan fingerprint density at radius 3 is 2.88 bits per heavy atom. The highest BCUT2D eigenvalue weighted by Gasteiger charge is 2.35. The fourth-order valence-electron chi connectivity index (χ4n) is 2.55. The summed E-state index contributed by atoms with van der Waals surface area (Å²) in [7, 11) is 0. The van der Waals surface area contributed by atoms with E-state index in [4.69, 9.17) is 9.84 Å². The molecule has 0 unspecified atom stereocenters. The lowest BCUT2D eigenvalue weighted by molar-refractivity contribution is -0.0458. The predicted molar refractivity (Wildman–Crippen MR) is 77.9 cm³/mol. The topological polar surface area (TPSA) is 135 Å². The summed E-state index contributed by atoms with van der Waals surface area (Å²) in [4.78, 5) is 26.2. The molecule has 1 saturated heterocycles. The maximum atomic E-state index is 12.3. The molecule has 0 aromatic carbocycles. The average molecular weight is 340 g/mol. The molecule has 10 nitrogen and oxygen atoms in total. The fraction of sp³-hybridized carbons (Fsp3) is 0.538. The minimum Gasteiger partial charge on any atom is -0.394 e. The molecule has 130 valence electrons. The van der Waals surface area contributed by atoms with Crippen LogP contribution in [0.1, 0.15) is 12.6 Å². The van der Waals surface area contributed by atoms with Gasteiger partial charge in [-0.25, -0.2) is 13.9 Å². The van der Waals surface area contributed by atoms with Gasteiger partial charge in [-0.3, -0.25) is 14.3 Å². The molecule has 2 aromatic heterocycles. The average Bonchev–Trinajstić information content (AvgIpc) is 3.14. The molecule has 0 spiro atoms. The summed E-state index contributed by atoms with van der Waals surface area (Å²) in [5.74, 6) is 0. The van der Waals surface area contributed by atoms with Crippen molar-refractivity contribution >= 4 is 0 Å². The van der Waals surface area contributed by atoms with Gasteiger partial charge in [0.1, 0.15) is 24.7 Å². The molecule has 3 rings (SSSR count). The van der Waals surface area contributed by atoms with Crippen molar-refractivity contribution in [3.8, 4) is 11.3 Å². The van der Waals surface area contributed by atoms with Crippen molar-refractivity contribution in [2.45, 2.75) is 31.4 Å². The molecule has 11 heteroatoms. The van der Waals surface area contributed by atoms with Crippen LogP contribution in [0.15, 0.2) is 22.0 Å². The first-order valence-electron chi connectivity index (χ1n) is 7.29. The third-order valence-corrected chi connectivity index (χ3v) is 3.79. The summed E-state index contributed by atoms with van der Waals surface area (Å²) < 4.78 is 20.1. The lowest BCUT2D eigenvalue weighted by Crippen LogP contribution is -2.33. The molecule has 1 fully saturated rings. The maximum absolute atomic E-state index is 12.3. The number of hydrogen-bond acceptors (Lipinski definition) is 7. The van der Waals surface area contributed by atoms with E-state index in [2.05, 4.69) is 15.3 Å². The monoisotopic (exact) mass is 340 g/mol. The van der Waals surface area contributed by atoms with E-state index in [0.717, 1.165) is 4.57 Å². The Labute approximate surface area is 134 Å². The summed E-state index contributed by atoms with van der Waals surface area (Å²) in [5.41, 5.74) is -1.14. The Bertz CT molecular complexity index is 831. The van der Waals surface area contributed by atoms with Crippen LogP contribution in [0.2, 0.25) is 0 Å². The molecule has 24 heavy (non-hydrogen) atoms.